The van der Waals surface area contributed by atoms with Gasteiger partial charge in [-0.15, -0.1) is 0 Å². The van der Waals surface area contributed by atoms with Crippen LogP contribution < -0.4 is 0 Å². The summed E-state index contributed by atoms with van der Waals surface area (Å²) < 4.78 is 12.0. The fourth-order valence-corrected chi connectivity index (χ4v) is 4.26. The predicted octanol–water partition coefficient (Wildman–Crippen LogP) is 2.94. The number of fused-ring (bicyclic) bond motifs is 6. The highest BCUT2D eigenvalue weighted by Crippen LogP contribution is 2.43. The molecule has 0 spiro atoms. The molecule has 25 heavy (non-hydrogen) atoms. The quantitative estimate of drug-likeness (QED) is 0.581. The summed E-state index contributed by atoms with van der Waals surface area (Å²) in [6.07, 6.45) is 6.58. The zero-order valence-electron chi connectivity index (χ0n) is 15.7. The van der Waals surface area contributed by atoms with Gasteiger partial charge in [-0.2, -0.15) is 0 Å². The van der Waals surface area contributed by atoms with E-state index in [1.54, 1.807) is 13.0 Å². The Morgan fingerprint density at radius 2 is 1.84 bits per heavy atom. The number of Topliss-reactive ketones (excluding diaryl/α,β-unsaturated/α-hetero) is 1. The highest BCUT2D eigenvalue weighted by Gasteiger charge is 2.51. The lowest BCUT2D eigenvalue weighted by molar-refractivity contribution is -0.183. The minimum Gasteiger partial charge on any atom is -0.454 e. The first-order valence-corrected chi connectivity index (χ1v) is 9.44. The summed E-state index contributed by atoms with van der Waals surface area (Å²) in [5.41, 5.74) is -2.67. The van der Waals surface area contributed by atoms with Crippen LogP contribution in [0.3, 0.4) is 0 Å². The third-order valence-electron chi connectivity index (χ3n) is 6.36. The summed E-state index contributed by atoms with van der Waals surface area (Å²) in [5.74, 6) is -0.447. The number of carbonyl (C=O) groups excluding carboxylic acids is 2. The number of hydrogen-bond acceptors (Lipinski definition) is 5. The second-order valence-electron chi connectivity index (χ2n) is 8.72. The van der Waals surface area contributed by atoms with Gasteiger partial charge in [-0.25, -0.2) is 0 Å². The minimum atomic E-state index is -1.12. The van der Waals surface area contributed by atoms with Gasteiger partial charge >= 0.3 is 5.97 Å². The standard InChI is InChI=1S/C20H30O5/c1-13(2)20-10-5-14(17(22)25-20)15-6-9-19(4,24-15)16(21)7-8-18(3,23)11-12-20/h11-15,23H,5-10H2,1-4H3. The van der Waals surface area contributed by atoms with Crippen molar-refractivity contribution in [2.45, 2.75) is 89.1 Å². The second kappa shape index (κ2) is 6.20. The molecule has 0 radical (unpaired) electrons. The summed E-state index contributed by atoms with van der Waals surface area (Å²) in [6, 6.07) is 0. The van der Waals surface area contributed by atoms with Gasteiger partial charge in [0.25, 0.3) is 0 Å². The van der Waals surface area contributed by atoms with E-state index in [-0.39, 0.29) is 36.1 Å². The molecule has 4 bridgehead atoms. The lowest BCUT2D eigenvalue weighted by Crippen LogP contribution is -2.48. The Labute approximate surface area is 149 Å². The monoisotopic (exact) mass is 350 g/mol. The Morgan fingerprint density at radius 1 is 1.12 bits per heavy atom. The topological polar surface area (TPSA) is 72.8 Å². The molecule has 4 aliphatic heterocycles. The van der Waals surface area contributed by atoms with Crippen LogP contribution in [0.5, 0.6) is 0 Å². The highest BCUT2D eigenvalue weighted by molar-refractivity contribution is 5.87. The number of carbonyl (C=O) groups is 2. The summed E-state index contributed by atoms with van der Waals surface area (Å²) in [6.45, 7) is 7.56. The molecule has 140 valence electrons. The molecule has 0 amide bonds. The van der Waals surface area contributed by atoms with Crippen LogP contribution in [0.1, 0.15) is 66.2 Å². The fraction of sp³-hybridized carbons (Fsp3) is 0.800. The zero-order valence-corrected chi connectivity index (χ0v) is 15.7. The van der Waals surface area contributed by atoms with Crippen LogP contribution >= 0.6 is 0 Å². The van der Waals surface area contributed by atoms with Gasteiger partial charge in [0, 0.05) is 6.42 Å². The van der Waals surface area contributed by atoms with Gasteiger partial charge < -0.3 is 14.6 Å². The molecule has 5 nitrogen and oxygen atoms in total. The number of ketones is 1. The minimum absolute atomic E-state index is 0.00408. The summed E-state index contributed by atoms with van der Waals surface area (Å²) in [4.78, 5) is 25.4. The first-order valence-electron chi connectivity index (χ1n) is 9.44. The smallest absolute Gasteiger partial charge is 0.312 e. The first kappa shape index (κ1) is 18.6. The van der Waals surface area contributed by atoms with Crippen LogP contribution in [0, 0.1) is 11.8 Å². The molecule has 0 aromatic heterocycles. The SMILES string of the molecule is CC(C)C12C=CC(C)(O)CCC(=O)C3(C)CCC(O3)C(CC1)C(=O)O2. The lowest BCUT2D eigenvalue weighted by Gasteiger charge is -2.42. The van der Waals surface area contributed by atoms with Crippen LogP contribution in [0.4, 0.5) is 0 Å². The van der Waals surface area contributed by atoms with E-state index in [0.717, 1.165) is 0 Å². The number of ether oxygens (including phenoxy) is 2. The Hall–Kier alpha value is -1.20. The van der Waals surface area contributed by atoms with Gasteiger partial charge in [-0.05, 0) is 57.9 Å². The Kier molecular flexibility index (Phi) is 4.61. The molecule has 2 saturated heterocycles. The molecule has 5 unspecified atom stereocenters. The highest BCUT2D eigenvalue weighted by atomic mass is 16.6. The average molecular weight is 350 g/mol. The molecule has 5 atom stereocenters. The van der Waals surface area contributed by atoms with E-state index in [2.05, 4.69) is 0 Å². The predicted molar refractivity (Wildman–Crippen MR) is 92.9 cm³/mol. The van der Waals surface area contributed by atoms with Gasteiger partial charge in [0.15, 0.2) is 5.78 Å². The molecule has 2 fully saturated rings. The first-order chi connectivity index (χ1) is 11.6. The lowest BCUT2D eigenvalue weighted by atomic mass is 9.77. The second-order valence-corrected chi connectivity index (χ2v) is 8.72. The van der Waals surface area contributed by atoms with Crippen molar-refractivity contribution in [3.05, 3.63) is 12.2 Å². The van der Waals surface area contributed by atoms with Crippen LogP contribution in [0.2, 0.25) is 0 Å². The molecular formula is C20H30O5. The Bertz CT molecular complexity index is 593. The van der Waals surface area contributed by atoms with Crippen LogP contribution in [0.25, 0.3) is 0 Å². The van der Waals surface area contributed by atoms with Crippen LogP contribution in [-0.4, -0.2) is 39.8 Å². The fourth-order valence-electron chi connectivity index (χ4n) is 4.26. The van der Waals surface area contributed by atoms with Crippen molar-refractivity contribution in [1.82, 2.24) is 0 Å². The number of rotatable bonds is 1. The Morgan fingerprint density at radius 3 is 2.48 bits per heavy atom. The zero-order chi connectivity index (χ0) is 18.5. The molecular weight excluding hydrogens is 320 g/mol. The van der Waals surface area contributed by atoms with Gasteiger partial charge in [-0.1, -0.05) is 19.9 Å². The third-order valence-corrected chi connectivity index (χ3v) is 6.36. The van der Waals surface area contributed by atoms with Gasteiger partial charge in [0.2, 0.25) is 0 Å². The molecule has 4 rings (SSSR count). The van der Waals surface area contributed by atoms with E-state index in [4.69, 9.17) is 9.47 Å². The number of hydrogen-bond donors (Lipinski definition) is 1. The van der Waals surface area contributed by atoms with E-state index in [1.165, 1.54) is 0 Å². The molecule has 4 heterocycles. The van der Waals surface area contributed by atoms with Crippen molar-refractivity contribution in [2.75, 3.05) is 0 Å². The number of aliphatic hydroxyl groups is 1. The van der Waals surface area contributed by atoms with Crippen LogP contribution in [-0.2, 0) is 19.1 Å². The van der Waals surface area contributed by atoms with Gasteiger partial charge in [0.1, 0.15) is 11.2 Å². The largest absolute Gasteiger partial charge is 0.454 e. The van der Waals surface area contributed by atoms with E-state index in [9.17, 15) is 14.7 Å². The maximum Gasteiger partial charge on any atom is 0.312 e. The molecule has 0 saturated carbocycles. The number of esters is 1. The summed E-state index contributed by atoms with van der Waals surface area (Å²) in [7, 11) is 0. The van der Waals surface area contributed by atoms with Crippen molar-refractivity contribution in [2.24, 2.45) is 11.8 Å². The van der Waals surface area contributed by atoms with E-state index in [0.29, 0.717) is 32.1 Å². The third kappa shape index (κ3) is 3.41. The molecule has 4 aliphatic rings. The molecule has 5 heteroatoms. The maximum absolute atomic E-state index is 12.7. The van der Waals surface area contributed by atoms with Gasteiger partial charge in [0.05, 0.1) is 17.6 Å². The van der Waals surface area contributed by atoms with Crippen molar-refractivity contribution in [1.29, 1.82) is 0 Å². The molecule has 1 N–H and O–H groups in total. The van der Waals surface area contributed by atoms with Gasteiger partial charge in [-0.3, -0.25) is 9.59 Å². The molecule has 0 aliphatic carbocycles. The Balaban J connectivity index is 1.98. The van der Waals surface area contributed by atoms with E-state index in [1.807, 2.05) is 26.8 Å². The molecule has 0 aromatic rings. The van der Waals surface area contributed by atoms with E-state index >= 15 is 0 Å². The van der Waals surface area contributed by atoms with Crippen molar-refractivity contribution >= 4 is 11.8 Å². The molecule has 0 aromatic carbocycles. The van der Waals surface area contributed by atoms with Crippen molar-refractivity contribution < 1.29 is 24.2 Å². The van der Waals surface area contributed by atoms with Crippen molar-refractivity contribution in [3.63, 3.8) is 0 Å². The summed E-state index contributed by atoms with van der Waals surface area (Å²) in [5, 5.41) is 10.7. The van der Waals surface area contributed by atoms with Crippen molar-refractivity contribution in [3.8, 4) is 0 Å². The average Bonchev–Trinajstić information content (AvgIpc) is 2.93. The maximum atomic E-state index is 12.7. The normalized spacial score (nSPS) is 45.0. The van der Waals surface area contributed by atoms with Crippen LogP contribution in [0.15, 0.2) is 12.2 Å². The summed E-state index contributed by atoms with van der Waals surface area (Å²) >= 11 is 0. The van der Waals surface area contributed by atoms with E-state index < -0.39 is 16.8 Å².